The Labute approximate surface area is 178 Å². The van der Waals surface area contributed by atoms with Gasteiger partial charge in [0.05, 0.1) is 6.61 Å². The normalized spacial score (nSPS) is 20.6. The van der Waals surface area contributed by atoms with Crippen LogP contribution in [-0.2, 0) is 0 Å². The maximum absolute atomic E-state index is 11.6. The molecule has 2 aromatic rings. The quantitative estimate of drug-likeness (QED) is 0.787. The van der Waals surface area contributed by atoms with Gasteiger partial charge in [0.1, 0.15) is 0 Å². The maximum atomic E-state index is 11.6. The zero-order chi connectivity index (χ0) is 21.1. The molecule has 1 aromatic heterocycles. The van der Waals surface area contributed by atoms with Crippen LogP contribution in [0.1, 0.15) is 42.7 Å². The zero-order valence-corrected chi connectivity index (χ0v) is 18.1. The molecule has 1 aromatic carbocycles. The summed E-state index contributed by atoms with van der Waals surface area (Å²) in [4.78, 5) is 15.5. The Morgan fingerprint density at radius 3 is 2.60 bits per heavy atom. The van der Waals surface area contributed by atoms with E-state index in [-0.39, 0.29) is 6.03 Å². The monoisotopic (exact) mass is 409 g/mol. The van der Waals surface area contributed by atoms with Crippen LogP contribution in [-0.4, -0.2) is 50.0 Å². The molecular weight excluding hydrogens is 378 g/mol. The Hall–Kier alpha value is -2.83. The van der Waals surface area contributed by atoms with Gasteiger partial charge in [-0.1, -0.05) is 6.07 Å². The third kappa shape index (κ3) is 4.35. The zero-order valence-electron chi connectivity index (χ0n) is 18.1. The van der Waals surface area contributed by atoms with Crippen LogP contribution in [0.4, 0.5) is 16.3 Å². The summed E-state index contributed by atoms with van der Waals surface area (Å²) >= 11 is 0. The minimum absolute atomic E-state index is 0.234. The lowest BCUT2D eigenvalue weighted by atomic mass is 9.71. The smallest absolute Gasteiger partial charge is 0.322 e. The van der Waals surface area contributed by atoms with Gasteiger partial charge in [-0.15, -0.1) is 10.2 Å². The lowest BCUT2D eigenvalue weighted by molar-refractivity contribution is 0.153. The van der Waals surface area contributed by atoms with Crippen molar-refractivity contribution < 1.29 is 9.53 Å². The van der Waals surface area contributed by atoms with E-state index in [1.807, 2.05) is 0 Å². The Morgan fingerprint density at radius 2 is 1.97 bits per heavy atom. The fourth-order valence-corrected chi connectivity index (χ4v) is 4.46. The lowest BCUT2D eigenvalue weighted by Crippen LogP contribution is -2.35. The van der Waals surface area contributed by atoms with E-state index in [1.54, 1.807) is 26.2 Å². The average Bonchev–Trinajstić information content (AvgIpc) is 3.27. The van der Waals surface area contributed by atoms with Gasteiger partial charge in [-0.2, -0.15) is 0 Å². The third-order valence-electron chi connectivity index (χ3n) is 6.36. The first kappa shape index (κ1) is 20.4. The molecule has 0 radical (unpaired) electrons. The van der Waals surface area contributed by atoms with Crippen LogP contribution in [0.2, 0.25) is 0 Å². The van der Waals surface area contributed by atoms with E-state index in [0.717, 1.165) is 12.8 Å². The number of amides is 2. The molecule has 2 amide bonds. The van der Waals surface area contributed by atoms with Crippen LogP contribution in [0, 0.1) is 12.8 Å². The van der Waals surface area contributed by atoms with Gasteiger partial charge in [0.25, 0.3) is 0 Å². The number of aromatic nitrogens is 2. The molecule has 7 nitrogen and oxygen atoms in total. The number of nitrogens with zero attached hydrogens (tertiary/aromatic N) is 4. The van der Waals surface area contributed by atoms with Crippen LogP contribution in [0.25, 0.3) is 0 Å². The molecule has 1 saturated carbocycles. The molecule has 0 atom stereocenters. The summed E-state index contributed by atoms with van der Waals surface area (Å²) in [6.07, 6.45) is 4.91. The first-order chi connectivity index (χ1) is 14.5. The van der Waals surface area contributed by atoms with E-state index in [9.17, 15) is 4.79 Å². The van der Waals surface area contributed by atoms with E-state index in [1.165, 1.54) is 47.6 Å². The van der Waals surface area contributed by atoms with Crippen molar-refractivity contribution in [3.63, 3.8) is 0 Å². The van der Waals surface area contributed by atoms with E-state index in [2.05, 4.69) is 45.5 Å². The number of nitrogens with one attached hydrogen (secondary N) is 1. The molecule has 1 saturated heterocycles. The summed E-state index contributed by atoms with van der Waals surface area (Å²) in [5.41, 5.74) is 4.26. The Bertz CT molecular complexity index is 874. The highest BCUT2D eigenvalue weighted by Crippen LogP contribution is 2.43. The van der Waals surface area contributed by atoms with Crippen molar-refractivity contribution in [1.29, 1.82) is 0 Å². The summed E-state index contributed by atoms with van der Waals surface area (Å²) in [7, 11) is 3.23. The summed E-state index contributed by atoms with van der Waals surface area (Å²) in [5.74, 6) is 2.15. The molecular formula is C23H31N5O2. The van der Waals surface area contributed by atoms with E-state index < -0.39 is 0 Å². The number of anilines is 2. The molecule has 0 spiro atoms. The predicted octanol–water partition coefficient (Wildman–Crippen LogP) is 3.73. The number of benzene rings is 1. The van der Waals surface area contributed by atoms with E-state index in [0.29, 0.717) is 30.1 Å². The van der Waals surface area contributed by atoms with Gasteiger partial charge in [-0.25, -0.2) is 4.79 Å². The molecule has 0 bridgehead atoms. The number of urea groups is 1. The summed E-state index contributed by atoms with van der Waals surface area (Å²) in [6.45, 7) is 5.27. The van der Waals surface area contributed by atoms with Crippen molar-refractivity contribution in [2.45, 2.75) is 38.5 Å². The number of ether oxygens (including phenoxy) is 1. The first-order valence-electron chi connectivity index (χ1n) is 10.8. The maximum Gasteiger partial charge on any atom is 0.322 e. The SMILES string of the molecule is CNC(=O)N(C)c1ccc(OCC2CC(c3ccc(N4CCCC4)cc3C)C2)nn1. The number of rotatable bonds is 6. The molecule has 30 heavy (non-hydrogen) atoms. The third-order valence-corrected chi connectivity index (χ3v) is 6.36. The average molecular weight is 410 g/mol. The van der Waals surface area contributed by atoms with Crippen LogP contribution < -0.4 is 19.9 Å². The molecule has 160 valence electrons. The lowest BCUT2D eigenvalue weighted by Gasteiger charge is -2.36. The molecule has 4 rings (SSSR count). The van der Waals surface area contributed by atoms with Crippen LogP contribution in [0.15, 0.2) is 30.3 Å². The van der Waals surface area contributed by atoms with Crippen molar-refractivity contribution >= 4 is 17.5 Å². The van der Waals surface area contributed by atoms with Crippen molar-refractivity contribution in [2.75, 3.05) is 43.6 Å². The molecule has 1 N–H and O–H groups in total. The summed E-state index contributed by atoms with van der Waals surface area (Å²) < 4.78 is 5.83. The van der Waals surface area contributed by atoms with Crippen molar-refractivity contribution in [2.24, 2.45) is 5.92 Å². The topological polar surface area (TPSA) is 70.6 Å². The fraction of sp³-hybridized carbons (Fsp3) is 0.522. The van der Waals surface area contributed by atoms with Crippen LogP contribution >= 0.6 is 0 Å². The van der Waals surface area contributed by atoms with Crippen molar-refractivity contribution in [1.82, 2.24) is 15.5 Å². The van der Waals surface area contributed by atoms with Gasteiger partial charge in [-0.05, 0) is 73.8 Å². The number of hydrogen-bond donors (Lipinski definition) is 1. The number of carbonyl (C=O) groups excluding carboxylic acids is 1. The molecule has 0 unspecified atom stereocenters. The second-order valence-electron chi connectivity index (χ2n) is 8.42. The number of carbonyl (C=O) groups is 1. The second-order valence-corrected chi connectivity index (χ2v) is 8.42. The molecule has 2 aliphatic rings. The van der Waals surface area contributed by atoms with Crippen LogP contribution in [0.3, 0.4) is 0 Å². The summed E-state index contributed by atoms with van der Waals surface area (Å²) in [6, 6.07) is 10.3. The minimum Gasteiger partial charge on any atom is -0.476 e. The molecule has 2 fully saturated rings. The highest BCUT2D eigenvalue weighted by molar-refractivity contribution is 5.89. The number of hydrogen-bond acceptors (Lipinski definition) is 5. The van der Waals surface area contributed by atoms with Gasteiger partial charge >= 0.3 is 6.03 Å². The number of aryl methyl sites for hydroxylation is 1. The highest BCUT2D eigenvalue weighted by Gasteiger charge is 2.32. The largest absolute Gasteiger partial charge is 0.476 e. The first-order valence-corrected chi connectivity index (χ1v) is 10.8. The van der Waals surface area contributed by atoms with Crippen molar-refractivity contribution in [3.05, 3.63) is 41.5 Å². The standard InChI is InChI=1S/C23H31N5O2/c1-16-12-19(28-10-4-5-11-28)6-7-20(16)18-13-17(14-18)15-30-22-9-8-21(25-26-22)27(3)23(29)24-2/h6-9,12,17-18H,4-5,10-11,13-15H2,1-3H3,(H,24,29). The van der Waals surface area contributed by atoms with Gasteiger partial charge in [0.15, 0.2) is 5.82 Å². The van der Waals surface area contributed by atoms with Gasteiger partial charge < -0.3 is 15.0 Å². The van der Waals surface area contributed by atoms with E-state index in [4.69, 9.17) is 4.74 Å². The Balaban J connectivity index is 1.26. The Morgan fingerprint density at radius 1 is 1.20 bits per heavy atom. The summed E-state index contributed by atoms with van der Waals surface area (Å²) in [5, 5.41) is 10.7. The molecule has 1 aliphatic heterocycles. The van der Waals surface area contributed by atoms with Gasteiger partial charge in [0.2, 0.25) is 5.88 Å². The highest BCUT2D eigenvalue weighted by atomic mass is 16.5. The van der Waals surface area contributed by atoms with Gasteiger partial charge in [0, 0.05) is 38.9 Å². The molecule has 1 aliphatic carbocycles. The molecule has 2 heterocycles. The minimum atomic E-state index is -0.234. The van der Waals surface area contributed by atoms with Crippen molar-refractivity contribution in [3.8, 4) is 5.88 Å². The second kappa shape index (κ2) is 8.90. The Kier molecular flexibility index (Phi) is 6.06. The molecule has 7 heteroatoms. The van der Waals surface area contributed by atoms with E-state index >= 15 is 0 Å². The fourth-order valence-electron chi connectivity index (χ4n) is 4.46. The van der Waals surface area contributed by atoms with Crippen LogP contribution in [0.5, 0.6) is 5.88 Å². The predicted molar refractivity (Wildman–Crippen MR) is 118 cm³/mol. The van der Waals surface area contributed by atoms with Gasteiger partial charge in [-0.3, -0.25) is 4.90 Å².